The Kier molecular flexibility index (Phi) is 4.06. The molecule has 3 N–H and O–H groups in total. The van der Waals surface area contributed by atoms with Gasteiger partial charge in [-0.25, -0.2) is 9.59 Å². The first-order valence-electron chi connectivity index (χ1n) is 6.50. The number of carboxylic acids is 1. The van der Waals surface area contributed by atoms with Crippen molar-refractivity contribution in [3.8, 4) is 0 Å². The molecule has 1 aromatic carbocycles. The van der Waals surface area contributed by atoms with Gasteiger partial charge in [0.05, 0.1) is 4.92 Å². The number of benzene rings is 1. The average molecular weight is 293 g/mol. The molecule has 0 saturated heterocycles. The second kappa shape index (κ2) is 5.78. The second-order valence-electron chi connectivity index (χ2n) is 4.98. The maximum atomic E-state index is 11.9. The zero-order valence-corrected chi connectivity index (χ0v) is 11.2. The largest absolute Gasteiger partial charge is 0.480 e. The molecule has 8 nitrogen and oxygen atoms in total. The topological polar surface area (TPSA) is 122 Å². The van der Waals surface area contributed by atoms with Crippen LogP contribution in [0.3, 0.4) is 0 Å². The van der Waals surface area contributed by atoms with Gasteiger partial charge in [0, 0.05) is 17.8 Å². The normalized spacial score (nSPS) is 16.2. The van der Waals surface area contributed by atoms with Gasteiger partial charge in [0.25, 0.3) is 5.69 Å². The Morgan fingerprint density at radius 2 is 1.95 bits per heavy atom. The maximum Gasteiger partial charge on any atom is 0.329 e. The van der Waals surface area contributed by atoms with E-state index in [9.17, 15) is 24.8 Å². The smallest absolute Gasteiger partial charge is 0.329 e. The molecule has 21 heavy (non-hydrogen) atoms. The van der Waals surface area contributed by atoms with Crippen molar-refractivity contribution in [3.05, 3.63) is 34.4 Å². The molecule has 1 saturated carbocycles. The van der Waals surface area contributed by atoms with Gasteiger partial charge in [0.15, 0.2) is 0 Å². The van der Waals surface area contributed by atoms with Crippen LogP contribution in [0.4, 0.5) is 16.2 Å². The van der Waals surface area contributed by atoms with E-state index in [-0.39, 0.29) is 11.4 Å². The van der Waals surface area contributed by atoms with E-state index < -0.39 is 22.5 Å². The molecule has 0 heterocycles. The molecule has 0 spiro atoms. The van der Waals surface area contributed by atoms with Gasteiger partial charge >= 0.3 is 12.0 Å². The lowest BCUT2D eigenvalue weighted by Gasteiger charge is -2.25. The van der Waals surface area contributed by atoms with E-state index in [1.165, 1.54) is 24.3 Å². The molecule has 112 valence electrons. The molecule has 2 amide bonds. The van der Waals surface area contributed by atoms with E-state index in [1.807, 2.05) is 0 Å². The lowest BCUT2D eigenvalue weighted by Crippen LogP contribution is -2.53. The van der Waals surface area contributed by atoms with Crippen LogP contribution >= 0.6 is 0 Å². The Hall–Kier alpha value is -2.64. The van der Waals surface area contributed by atoms with Crippen molar-refractivity contribution in [2.45, 2.75) is 31.2 Å². The number of nitrogens with one attached hydrogen (secondary N) is 2. The Morgan fingerprint density at radius 3 is 2.52 bits per heavy atom. The number of nitrogens with zero attached hydrogens (tertiary/aromatic N) is 1. The average Bonchev–Trinajstić information content (AvgIpc) is 2.88. The number of rotatable bonds is 4. The fraction of sp³-hybridized carbons (Fsp3) is 0.385. The van der Waals surface area contributed by atoms with E-state index in [1.54, 1.807) is 0 Å². The summed E-state index contributed by atoms with van der Waals surface area (Å²) in [7, 11) is 0. The molecule has 2 rings (SSSR count). The maximum absolute atomic E-state index is 11.9. The van der Waals surface area contributed by atoms with Crippen LogP contribution in [-0.4, -0.2) is 27.6 Å². The highest BCUT2D eigenvalue weighted by Gasteiger charge is 2.42. The number of carbonyl (C=O) groups is 2. The number of anilines is 1. The van der Waals surface area contributed by atoms with Gasteiger partial charge in [0.2, 0.25) is 0 Å². The molecule has 1 aliphatic carbocycles. The predicted molar refractivity (Wildman–Crippen MR) is 74.1 cm³/mol. The molecule has 1 aliphatic rings. The molecular weight excluding hydrogens is 278 g/mol. The third-order valence-electron chi connectivity index (χ3n) is 3.53. The van der Waals surface area contributed by atoms with Crippen LogP contribution in [-0.2, 0) is 4.79 Å². The second-order valence-corrected chi connectivity index (χ2v) is 4.98. The summed E-state index contributed by atoms with van der Waals surface area (Å²) < 4.78 is 0. The highest BCUT2D eigenvalue weighted by atomic mass is 16.6. The number of carboxylic acid groups (broad SMARTS) is 1. The van der Waals surface area contributed by atoms with Gasteiger partial charge in [-0.05, 0) is 18.9 Å². The molecule has 8 heteroatoms. The molecular formula is C13H15N3O5. The fourth-order valence-electron chi connectivity index (χ4n) is 2.45. The van der Waals surface area contributed by atoms with Crippen molar-refractivity contribution in [1.82, 2.24) is 5.32 Å². The number of non-ortho nitro benzene ring substituents is 1. The number of nitro groups is 1. The van der Waals surface area contributed by atoms with E-state index >= 15 is 0 Å². The lowest BCUT2D eigenvalue weighted by atomic mass is 9.98. The van der Waals surface area contributed by atoms with Crippen molar-refractivity contribution < 1.29 is 19.6 Å². The number of carbonyl (C=O) groups excluding carboxylic acids is 1. The summed E-state index contributed by atoms with van der Waals surface area (Å²) in [5, 5.41) is 24.8. The number of amides is 2. The van der Waals surface area contributed by atoms with Crippen LogP contribution in [0, 0.1) is 10.1 Å². The van der Waals surface area contributed by atoms with E-state index in [2.05, 4.69) is 10.6 Å². The van der Waals surface area contributed by atoms with Gasteiger partial charge in [-0.1, -0.05) is 18.9 Å². The van der Waals surface area contributed by atoms with E-state index in [0.29, 0.717) is 12.8 Å². The summed E-state index contributed by atoms with van der Waals surface area (Å²) in [5.41, 5.74) is -1.16. The van der Waals surface area contributed by atoms with E-state index in [4.69, 9.17) is 0 Å². The van der Waals surface area contributed by atoms with Crippen molar-refractivity contribution in [1.29, 1.82) is 0 Å². The predicted octanol–water partition coefficient (Wildman–Crippen LogP) is 2.11. The van der Waals surface area contributed by atoms with Gasteiger partial charge in [0.1, 0.15) is 5.54 Å². The SMILES string of the molecule is O=C(Nc1cccc([N+](=O)[O-])c1)NC1(C(=O)O)CCCC1. The third kappa shape index (κ3) is 3.28. The number of hydrogen-bond donors (Lipinski definition) is 3. The fourth-order valence-corrected chi connectivity index (χ4v) is 2.45. The number of hydrogen-bond acceptors (Lipinski definition) is 4. The van der Waals surface area contributed by atoms with Crippen LogP contribution in [0.1, 0.15) is 25.7 Å². The van der Waals surface area contributed by atoms with Gasteiger partial charge in [-0.15, -0.1) is 0 Å². The quantitative estimate of drug-likeness (QED) is 0.579. The standard InChI is InChI=1S/C13H15N3O5/c17-11(18)13(6-1-2-7-13)15-12(19)14-9-4-3-5-10(8-9)16(20)21/h3-5,8H,1-2,6-7H2,(H,17,18)(H2,14,15,19). The van der Waals surface area contributed by atoms with Crippen molar-refractivity contribution in [2.24, 2.45) is 0 Å². The Morgan fingerprint density at radius 1 is 1.29 bits per heavy atom. The molecule has 0 radical (unpaired) electrons. The molecule has 0 atom stereocenters. The van der Waals surface area contributed by atoms with Crippen molar-refractivity contribution in [2.75, 3.05) is 5.32 Å². The summed E-state index contributed by atoms with van der Waals surface area (Å²) in [6, 6.07) is 4.77. The number of nitro benzene ring substituents is 1. The Balaban J connectivity index is 2.06. The zero-order valence-electron chi connectivity index (χ0n) is 11.2. The summed E-state index contributed by atoms with van der Waals surface area (Å²) in [5.74, 6) is -1.06. The summed E-state index contributed by atoms with van der Waals surface area (Å²) in [6.45, 7) is 0. The molecule has 0 aliphatic heterocycles. The van der Waals surface area contributed by atoms with Crippen LogP contribution in [0.25, 0.3) is 0 Å². The van der Waals surface area contributed by atoms with Crippen LogP contribution in [0.2, 0.25) is 0 Å². The van der Waals surface area contributed by atoms with Gasteiger partial charge in [-0.2, -0.15) is 0 Å². The Bertz CT molecular complexity index is 581. The molecule has 1 aromatic rings. The van der Waals surface area contributed by atoms with Crippen LogP contribution in [0.15, 0.2) is 24.3 Å². The molecule has 0 unspecified atom stereocenters. The summed E-state index contributed by atoms with van der Waals surface area (Å²) in [4.78, 5) is 33.3. The first kappa shape index (κ1) is 14.8. The van der Waals surface area contributed by atoms with Crippen LogP contribution < -0.4 is 10.6 Å². The minimum atomic E-state index is -1.25. The molecule has 0 bridgehead atoms. The van der Waals surface area contributed by atoms with Gasteiger partial charge in [-0.3, -0.25) is 10.1 Å². The Labute approximate surface area is 120 Å². The summed E-state index contributed by atoms with van der Waals surface area (Å²) >= 11 is 0. The highest BCUT2D eigenvalue weighted by molar-refractivity contribution is 5.94. The number of urea groups is 1. The molecule has 1 fully saturated rings. The first-order valence-corrected chi connectivity index (χ1v) is 6.50. The van der Waals surface area contributed by atoms with Crippen molar-refractivity contribution in [3.63, 3.8) is 0 Å². The third-order valence-corrected chi connectivity index (χ3v) is 3.53. The highest BCUT2D eigenvalue weighted by Crippen LogP contribution is 2.30. The minimum Gasteiger partial charge on any atom is -0.480 e. The van der Waals surface area contributed by atoms with Crippen LogP contribution in [0.5, 0.6) is 0 Å². The minimum absolute atomic E-state index is 0.151. The zero-order chi connectivity index (χ0) is 15.5. The van der Waals surface area contributed by atoms with Gasteiger partial charge < -0.3 is 15.7 Å². The lowest BCUT2D eigenvalue weighted by molar-refractivity contribution is -0.384. The monoisotopic (exact) mass is 293 g/mol. The first-order chi connectivity index (χ1) is 9.93. The van der Waals surface area contributed by atoms with Crippen molar-refractivity contribution >= 4 is 23.4 Å². The molecule has 0 aromatic heterocycles. The van der Waals surface area contributed by atoms with E-state index in [0.717, 1.165) is 12.8 Å². The summed E-state index contributed by atoms with van der Waals surface area (Å²) in [6.07, 6.45) is 2.24. The number of aliphatic carboxylic acids is 1.